The summed E-state index contributed by atoms with van der Waals surface area (Å²) >= 11 is 0. The van der Waals surface area contributed by atoms with Crippen LogP contribution in [0.25, 0.3) is 0 Å². The molecule has 0 aromatic heterocycles. The smallest absolute Gasteiger partial charge is 0.0700 e. The van der Waals surface area contributed by atoms with E-state index in [1.165, 1.54) is 32.4 Å². The zero-order chi connectivity index (χ0) is 7.68. The lowest BCUT2D eigenvalue weighted by atomic mass is 10.1. The molecule has 2 nitrogen and oxygen atoms in total. The summed E-state index contributed by atoms with van der Waals surface area (Å²) in [6, 6.07) is 0.762. The molecular weight excluding hydrogens is 138 g/mol. The van der Waals surface area contributed by atoms with Crippen LogP contribution in [0.2, 0.25) is 0 Å². The predicted octanol–water partition coefficient (Wildman–Crippen LogP) is 1.26. The Bertz CT molecular complexity index is 138. The van der Waals surface area contributed by atoms with E-state index in [-0.39, 0.29) is 0 Å². The van der Waals surface area contributed by atoms with Gasteiger partial charge in [0.15, 0.2) is 0 Å². The van der Waals surface area contributed by atoms with Crippen LogP contribution in [0.1, 0.15) is 26.2 Å². The number of nitrogens with zero attached hydrogens (tertiary/aromatic N) is 1. The summed E-state index contributed by atoms with van der Waals surface area (Å²) in [6.45, 7) is 5.69. The first-order valence-electron chi connectivity index (χ1n) is 4.76. The van der Waals surface area contributed by atoms with E-state index in [1.54, 1.807) is 0 Å². The Morgan fingerprint density at radius 2 is 2.45 bits per heavy atom. The minimum absolute atomic E-state index is 0.518. The molecule has 2 saturated heterocycles. The summed E-state index contributed by atoms with van der Waals surface area (Å²) in [7, 11) is 0. The van der Waals surface area contributed by atoms with Crippen LogP contribution in [0.3, 0.4) is 0 Å². The van der Waals surface area contributed by atoms with Crippen LogP contribution in [0.5, 0.6) is 0 Å². The van der Waals surface area contributed by atoms with Gasteiger partial charge in [-0.3, -0.25) is 4.90 Å². The van der Waals surface area contributed by atoms with Gasteiger partial charge in [-0.15, -0.1) is 0 Å². The van der Waals surface area contributed by atoms with Gasteiger partial charge in [-0.05, 0) is 25.8 Å². The molecule has 0 unspecified atom stereocenters. The van der Waals surface area contributed by atoms with E-state index < -0.39 is 0 Å². The van der Waals surface area contributed by atoms with Crippen LogP contribution in [-0.2, 0) is 4.74 Å². The summed E-state index contributed by atoms with van der Waals surface area (Å²) in [4.78, 5) is 2.59. The number of fused-ring (bicyclic) bond motifs is 1. The summed E-state index contributed by atoms with van der Waals surface area (Å²) in [5, 5.41) is 0. The zero-order valence-corrected chi connectivity index (χ0v) is 7.25. The molecule has 2 heteroatoms. The number of hydrogen-bond acceptors (Lipinski definition) is 2. The Balaban J connectivity index is 1.91. The van der Waals surface area contributed by atoms with Crippen molar-refractivity contribution in [2.75, 3.05) is 19.7 Å². The third kappa shape index (κ3) is 1.42. The topological polar surface area (TPSA) is 12.5 Å². The SMILES string of the molecule is CC[C@@H]1CN2CCC[C@H]2CO1. The Kier molecular flexibility index (Phi) is 2.14. The van der Waals surface area contributed by atoms with Crippen LogP contribution in [-0.4, -0.2) is 36.7 Å². The Labute approximate surface area is 68.5 Å². The molecule has 0 bridgehead atoms. The normalized spacial score (nSPS) is 39.0. The molecule has 0 N–H and O–H groups in total. The zero-order valence-electron chi connectivity index (χ0n) is 7.25. The Hall–Kier alpha value is -0.0800. The van der Waals surface area contributed by atoms with Crippen molar-refractivity contribution in [2.45, 2.75) is 38.3 Å². The van der Waals surface area contributed by atoms with Crippen LogP contribution in [0.4, 0.5) is 0 Å². The lowest BCUT2D eigenvalue weighted by molar-refractivity contribution is -0.0494. The van der Waals surface area contributed by atoms with Gasteiger partial charge >= 0.3 is 0 Å². The van der Waals surface area contributed by atoms with E-state index >= 15 is 0 Å². The third-order valence-corrected chi connectivity index (χ3v) is 2.92. The monoisotopic (exact) mass is 155 g/mol. The van der Waals surface area contributed by atoms with Gasteiger partial charge in [0.25, 0.3) is 0 Å². The molecule has 2 fully saturated rings. The standard InChI is InChI=1S/C9H17NO/c1-2-9-6-10-5-3-4-8(10)7-11-9/h8-9H,2-7H2,1H3/t8-,9+/m0/s1. The molecule has 2 rings (SSSR count). The van der Waals surface area contributed by atoms with E-state index in [9.17, 15) is 0 Å². The molecular formula is C9H17NO. The van der Waals surface area contributed by atoms with Crippen molar-refractivity contribution in [3.05, 3.63) is 0 Å². The average molecular weight is 155 g/mol. The second-order valence-corrected chi connectivity index (χ2v) is 3.65. The largest absolute Gasteiger partial charge is 0.375 e. The summed E-state index contributed by atoms with van der Waals surface area (Å²) in [5.41, 5.74) is 0. The Morgan fingerprint density at radius 3 is 3.27 bits per heavy atom. The minimum Gasteiger partial charge on any atom is -0.375 e. The van der Waals surface area contributed by atoms with Crippen LogP contribution in [0, 0.1) is 0 Å². The van der Waals surface area contributed by atoms with Crippen LogP contribution in [0.15, 0.2) is 0 Å². The van der Waals surface area contributed by atoms with Crippen molar-refractivity contribution >= 4 is 0 Å². The molecule has 2 atom stereocenters. The van der Waals surface area contributed by atoms with Gasteiger partial charge in [-0.25, -0.2) is 0 Å². The van der Waals surface area contributed by atoms with E-state index in [0.717, 1.165) is 12.6 Å². The number of morpholine rings is 1. The maximum absolute atomic E-state index is 5.70. The number of ether oxygens (including phenoxy) is 1. The molecule has 2 aliphatic rings. The van der Waals surface area contributed by atoms with Crippen molar-refractivity contribution in [1.82, 2.24) is 4.90 Å². The molecule has 11 heavy (non-hydrogen) atoms. The molecule has 0 aliphatic carbocycles. The maximum Gasteiger partial charge on any atom is 0.0700 e. The van der Waals surface area contributed by atoms with Gasteiger partial charge in [0.1, 0.15) is 0 Å². The van der Waals surface area contributed by atoms with Gasteiger partial charge in [0.2, 0.25) is 0 Å². The average Bonchev–Trinajstić information content (AvgIpc) is 2.50. The summed E-state index contributed by atoms with van der Waals surface area (Å²) in [5.74, 6) is 0. The highest BCUT2D eigenvalue weighted by Gasteiger charge is 2.31. The maximum atomic E-state index is 5.70. The summed E-state index contributed by atoms with van der Waals surface area (Å²) < 4.78 is 5.70. The molecule has 0 saturated carbocycles. The molecule has 2 aliphatic heterocycles. The lowest BCUT2D eigenvalue weighted by Crippen LogP contribution is -2.45. The van der Waals surface area contributed by atoms with E-state index in [4.69, 9.17) is 4.74 Å². The molecule has 0 amide bonds. The highest BCUT2D eigenvalue weighted by atomic mass is 16.5. The predicted molar refractivity (Wildman–Crippen MR) is 44.6 cm³/mol. The first-order chi connectivity index (χ1) is 5.40. The fraction of sp³-hybridized carbons (Fsp3) is 1.00. The molecule has 0 radical (unpaired) electrons. The molecule has 0 aromatic rings. The van der Waals surface area contributed by atoms with Gasteiger partial charge in [0.05, 0.1) is 12.7 Å². The van der Waals surface area contributed by atoms with Crippen molar-refractivity contribution in [3.63, 3.8) is 0 Å². The second kappa shape index (κ2) is 3.11. The van der Waals surface area contributed by atoms with Gasteiger partial charge < -0.3 is 4.74 Å². The third-order valence-electron chi connectivity index (χ3n) is 2.92. The van der Waals surface area contributed by atoms with Crippen LogP contribution >= 0.6 is 0 Å². The van der Waals surface area contributed by atoms with Crippen LogP contribution < -0.4 is 0 Å². The lowest BCUT2D eigenvalue weighted by Gasteiger charge is -2.34. The minimum atomic E-state index is 0.518. The van der Waals surface area contributed by atoms with Crippen molar-refractivity contribution in [3.8, 4) is 0 Å². The van der Waals surface area contributed by atoms with E-state index in [0.29, 0.717) is 6.10 Å². The van der Waals surface area contributed by atoms with Crippen molar-refractivity contribution < 1.29 is 4.74 Å². The first-order valence-corrected chi connectivity index (χ1v) is 4.76. The van der Waals surface area contributed by atoms with Gasteiger partial charge in [-0.1, -0.05) is 6.92 Å². The highest BCUT2D eigenvalue weighted by molar-refractivity contribution is 4.84. The van der Waals surface area contributed by atoms with E-state index in [1.807, 2.05) is 0 Å². The molecule has 0 spiro atoms. The van der Waals surface area contributed by atoms with Gasteiger partial charge in [0, 0.05) is 12.6 Å². The summed E-state index contributed by atoms with van der Waals surface area (Å²) in [6.07, 6.45) is 4.42. The fourth-order valence-corrected chi connectivity index (χ4v) is 2.13. The van der Waals surface area contributed by atoms with Crippen molar-refractivity contribution in [1.29, 1.82) is 0 Å². The van der Waals surface area contributed by atoms with Crippen molar-refractivity contribution in [2.24, 2.45) is 0 Å². The Morgan fingerprint density at radius 1 is 1.55 bits per heavy atom. The molecule has 64 valence electrons. The van der Waals surface area contributed by atoms with E-state index in [2.05, 4.69) is 11.8 Å². The number of rotatable bonds is 1. The molecule has 2 heterocycles. The second-order valence-electron chi connectivity index (χ2n) is 3.65. The van der Waals surface area contributed by atoms with Gasteiger partial charge in [-0.2, -0.15) is 0 Å². The highest BCUT2D eigenvalue weighted by Crippen LogP contribution is 2.23. The fourth-order valence-electron chi connectivity index (χ4n) is 2.13. The first kappa shape index (κ1) is 7.56. The quantitative estimate of drug-likeness (QED) is 0.565. The number of hydrogen-bond donors (Lipinski definition) is 0. The molecule has 0 aromatic carbocycles.